The molecule has 0 spiro atoms. The summed E-state index contributed by atoms with van der Waals surface area (Å²) >= 11 is 0. The van der Waals surface area contributed by atoms with E-state index in [9.17, 15) is 4.79 Å². The molecule has 0 radical (unpaired) electrons. The summed E-state index contributed by atoms with van der Waals surface area (Å²) in [7, 11) is 1.90. The third kappa shape index (κ3) is 5.14. The molecular formula is C11H22N2O2. The van der Waals surface area contributed by atoms with Crippen molar-refractivity contribution < 1.29 is 9.53 Å². The fourth-order valence-corrected chi connectivity index (χ4v) is 1.60. The van der Waals surface area contributed by atoms with Crippen LogP contribution in [0.25, 0.3) is 0 Å². The highest BCUT2D eigenvalue weighted by molar-refractivity contribution is 5.75. The minimum absolute atomic E-state index is 0.156. The van der Waals surface area contributed by atoms with Gasteiger partial charge in [0.1, 0.15) is 0 Å². The van der Waals surface area contributed by atoms with Crippen molar-refractivity contribution in [2.75, 3.05) is 26.8 Å². The normalized spacial score (nSPS) is 22.7. The van der Waals surface area contributed by atoms with Crippen LogP contribution >= 0.6 is 0 Å². The first-order chi connectivity index (χ1) is 7.22. The lowest BCUT2D eigenvalue weighted by molar-refractivity contribution is -0.121. The Balaban J connectivity index is 2.02. The van der Waals surface area contributed by atoms with Crippen LogP contribution in [-0.2, 0) is 9.53 Å². The highest BCUT2D eigenvalue weighted by Gasteiger charge is 2.16. The van der Waals surface area contributed by atoms with E-state index in [2.05, 4.69) is 10.6 Å². The Morgan fingerprint density at radius 2 is 2.40 bits per heavy atom. The molecule has 0 aromatic heterocycles. The Hall–Kier alpha value is -0.610. The van der Waals surface area contributed by atoms with Crippen LogP contribution in [0.5, 0.6) is 0 Å². The zero-order valence-electron chi connectivity index (χ0n) is 9.71. The summed E-state index contributed by atoms with van der Waals surface area (Å²) in [5.74, 6) is 0.751. The second kappa shape index (κ2) is 6.80. The van der Waals surface area contributed by atoms with E-state index in [1.54, 1.807) is 0 Å². The van der Waals surface area contributed by atoms with Gasteiger partial charge in [-0.25, -0.2) is 0 Å². The molecule has 2 N–H and O–H groups in total. The van der Waals surface area contributed by atoms with Crippen molar-refractivity contribution in [2.24, 2.45) is 5.92 Å². The van der Waals surface area contributed by atoms with Crippen molar-refractivity contribution in [1.82, 2.24) is 10.6 Å². The first-order valence-corrected chi connectivity index (χ1v) is 5.74. The van der Waals surface area contributed by atoms with Gasteiger partial charge in [0.25, 0.3) is 0 Å². The second-order valence-corrected chi connectivity index (χ2v) is 4.26. The number of rotatable bonds is 6. The van der Waals surface area contributed by atoms with E-state index in [-0.39, 0.29) is 5.91 Å². The Kier molecular flexibility index (Phi) is 5.65. The van der Waals surface area contributed by atoms with Crippen LogP contribution in [-0.4, -0.2) is 38.8 Å². The maximum Gasteiger partial charge on any atom is 0.220 e. The Labute approximate surface area is 91.8 Å². The molecule has 0 aliphatic carbocycles. The summed E-state index contributed by atoms with van der Waals surface area (Å²) in [4.78, 5) is 11.4. The third-order valence-corrected chi connectivity index (χ3v) is 2.90. The molecule has 1 amide bonds. The number of amides is 1. The summed E-state index contributed by atoms with van der Waals surface area (Å²) in [5.41, 5.74) is 0. The molecule has 0 aromatic carbocycles. The molecule has 1 aliphatic rings. The SMILES string of the molecule is CNC(C)CNC(=O)CCC1CCOC1. The van der Waals surface area contributed by atoms with Gasteiger partial charge in [-0.2, -0.15) is 0 Å². The van der Waals surface area contributed by atoms with Gasteiger partial charge in [-0.05, 0) is 32.7 Å². The van der Waals surface area contributed by atoms with Crippen molar-refractivity contribution in [1.29, 1.82) is 0 Å². The molecule has 15 heavy (non-hydrogen) atoms. The van der Waals surface area contributed by atoms with Crippen LogP contribution in [0.2, 0.25) is 0 Å². The highest BCUT2D eigenvalue weighted by Crippen LogP contribution is 2.17. The number of carbonyl (C=O) groups is 1. The molecule has 1 heterocycles. The standard InChI is InChI=1S/C11H22N2O2/c1-9(12-2)7-13-11(14)4-3-10-5-6-15-8-10/h9-10,12H,3-8H2,1-2H3,(H,13,14). The number of likely N-dealkylation sites (N-methyl/N-ethyl adjacent to an activating group) is 1. The second-order valence-electron chi connectivity index (χ2n) is 4.26. The first kappa shape index (κ1) is 12.5. The van der Waals surface area contributed by atoms with Crippen molar-refractivity contribution in [3.8, 4) is 0 Å². The molecular weight excluding hydrogens is 192 g/mol. The van der Waals surface area contributed by atoms with E-state index in [1.165, 1.54) is 0 Å². The summed E-state index contributed by atoms with van der Waals surface area (Å²) in [6.07, 6.45) is 2.70. The van der Waals surface area contributed by atoms with Gasteiger partial charge >= 0.3 is 0 Å². The molecule has 2 unspecified atom stereocenters. The highest BCUT2D eigenvalue weighted by atomic mass is 16.5. The quantitative estimate of drug-likeness (QED) is 0.678. The number of hydrogen-bond acceptors (Lipinski definition) is 3. The molecule has 4 nitrogen and oxygen atoms in total. The van der Waals surface area contributed by atoms with E-state index in [4.69, 9.17) is 4.74 Å². The van der Waals surface area contributed by atoms with Crippen LogP contribution in [0, 0.1) is 5.92 Å². The van der Waals surface area contributed by atoms with E-state index in [1.807, 2.05) is 14.0 Å². The van der Waals surface area contributed by atoms with Gasteiger partial charge in [-0.1, -0.05) is 0 Å². The monoisotopic (exact) mass is 214 g/mol. The van der Waals surface area contributed by atoms with Crippen LogP contribution in [0.4, 0.5) is 0 Å². The van der Waals surface area contributed by atoms with E-state index in [0.29, 0.717) is 24.9 Å². The summed E-state index contributed by atoms with van der Waals surface area (Å²) in [6.45, 7) is 4.45. The Morgan fingerprint density at radius 3 is 3.00 bits per heavy atom. The molecule has 1 fully saturated rings. The number of nitrogens with one attached hydrogen (secondary N) is 2. The topological polar surface area (TPSA) is 50.4 Å². The average Bonchev–Trinajstić information content (AvgIpc) is 2.75. The summed E-state index contributed by atoms with van der Waals surface area (Å²) in [5, 5.41) is 6.00. The zero-order valence-corrected chi connectivity index (χ0v) is 9.71. The maximum absolute atomic E-state index is 11.4. The summed E-state index contributed by atoms with van der Waals surface area (Å²) in [6, 6.07) is 0.337. The first-order valence-electron chi connectivity index (χ1n) is 5.74. The van der Waals surface area contributed by atoms with Crippen LogP contribution < -0.4 is 10.6 Å². The van der Waals surface area contributed by atoms with Crippen LogP contribution in [0.15, 0.2) is 0 Å². The zero-order chi connectivity index (χ0) is 11.1. The maximum atomic E-state index is 11.4. The third-order valence-electron chi connectivity index (χ3n) is 2.90. The van der Waals surface area contributed by atoms with Crippen molar-refractivity contribution >= 4 is 5.91 Å². The molecule has 0 aromatic rings. The largest absolute Gasteiger partial charge is 0.381 e. The minimum atomic E-state index is 0.156. The van der Waals surface area contributed by atoms with Crippen LogP contribution in [0.1, 0.15) is 26.2 Å². The molecule has 4 heteroatoms. The fourth-order valence-electron chi connectivity index (χ4n) is 1.60. The molecule has 88 valence electrons. The molecule has 2 atom stereocenters. The Morgan fingerprint density at radius 1 is 1.60 bits per heavy atom. The smallest absolute Gasteiger partial charge is 0.220 e. The van der Waals surface area contributed by atoms with Crippen LogP contribution in [0.3, 0.4) is 0 Å². The number of hydrogen-bond donors (Lipinski definition) is 2. The van der Waals surface area contributed by atoms with Gasteiger partial charge in [-0.15, -0.1) is 0 Å². The predicted octanol–water partition coefficient (Wildman–Crippen LogP) is 0.527. The lowest BCUT2D eigenvalue weighted by Gasteiger charge is -2.12. The number of ether oxygens (including phenoxy) is 1. The lowest BCUT2D eigenvalue weighted by Crippen LogP contribution is -2.37. The molecule has 0 bridgehead atoms. The van der Waals surface area contributed by atoms with Gasteiger partial charge in [-0.3, -0.25) is 4.79 Å². The van der Waals surface area contributed by atoms with Gasteiger partial charge in [0.05, 0.1) is 0 Å². The Bertz CT molecular complexity index is 191. The molecule has 0 saturated carbocycles. The lowest BCUT2D eigenvalue weighted by atomic mass is 10.0. The molecule has 1 saturated heterocycles. The van der Waals surface area contributed by atoms with Crippen molar-refractivity contribution in [3.63, 3.8) is 0 Å². The minimum Gasteiger partial charge on any atom is -0.381 e. The van der Waals surface area contributed by atoms with Crippen molar-refractivity contribution in [3.05, 3.63) is 0 Å². The predicted molar refractivity (Wildman–Crippen MR) is 59.7 cm³/mol. The van der Waals surface area contributed by atoms with E-state index in [0.717, 1.165) is 26.1 Å². The molecule has 1 rings (SSSR count). The van der Waals surface area contributed by atoms with Gasteiger partial charge in [0, 0.05) is 32.2 Å². The summed E-state index contributed by atoms with van der Waals surface area (Å²) < 4.78 is 5.26. The van der Waals surface area contributed by atoms with E-state index >= 15 is 0 Å². The van der Waals surface area contributed by atoms with Gasteiger partial charge in [0.15, 0.2) is 0 Å². The number of carbonyl (C=O) groups excluding carboxylic acids is 1. The fraction of sp³-hybridized carbons (Fsp3) is 0.909. The van der Waals surface area contributed by atoms with Crippen molar-refractivity contribution in [2.45, 2.75) is 32.2 Å². The van der Waals surface area contributed by atoms with Gasteiger partial charge in [0.2, 0.25) is 5.91 Å². The van der Waals surface area contributed by atoms with E-state index < -0.39 is 0 Å². The average molecular weight is 214 g/mol. The van der Waals surface area contributed by atoms with Gasteiger partial charge < -0.3 is 15.4 Å². The molecule has 1 aliphatic heterocycles.